The molecular formula is C34H41N7O7S. The summed E-state index contributed by atoms with van der Waals surface area (Å²) in [4.78, 5) is 31.7. The molecule has 1 fully saturated rings. The lowest BCUT2D eigenvalue weighted by molar-refractivity contribution is -0.384. The molecule has 0 atom stereocenters. The van der Waals surface area contributed by atoms with Crippen molar-refractivity contribution in [3.63, 3.8) is 0 Å². The Hall–Kier alpha value is -4.97. The predicted molar refractivity (Wildman–Crippen MR) is 183 cm³/mol. The largest absolute Gasteiger partial charge is 0.488 e. The summed E-state index contributed by atoms with van der Waals surface area (Å²) in [5, 5.41) is 23.9. The molecule has 0 bridgehead atoms. The third kappa shape index (κ3) is 7.54. The van der Waals surface area contributed by atoms with Crippen LogP contribution in [0.3, 0.4) is 0 Å². The van der Waals surface area contributed by atoms with Crippen LogP contribution in [0.4, 0.5) is 22.0 Å². The number of ether oxygens (including phenoxy) is 2. The molecule has 1 amide bonds. The number of alkyl carbamates (subject to hydrolysis) is 1. The number of rotatable bonds is 9. The lowest BCUT2D eigenvalue weighted by atomic mass is 9.71. The number of carbonyl (C=O) groups is 1. The number of nitrogen functional groups attached to an aromatic ring is 1. The lowest BCUT2D eigenvalue weighted by Gasteiger charge is -2.38. The van der Waals surface area contributed by atoms with Gasteiger partial charge < -0.3 is 20.5 Å². The monoisotopic (exact) mass is 691 g/mol. The van der Waals surface area contributed by atoms with Gasteiger partial charge in [-0.3, -0.25) is 14.4 Å². The zero-order valence-corrected chi connectivity index (χ0v) is 29.0. The molecule has 1 heterocycles. The lowest BCUT2D eigenvalue weighted by Crippen LogP contribution is -2.42. The van der Waals surface area contributed by atoms with Gasteiger partial charge in [-0.05, 0) is 88.1 Å². The Labute approximate surface area is 285 Å². The quantitative estimate of drug-likeness (QED) is 0.203. The molecule has 3 aromatic rings. The number of anilines is 2. The van der Waals surface area contributed by atoms with E-state index in [1.807, 2.05) is 19.9 Å². The third-order valence-corrected chi connectivity index (χ3v) is 10.5. The van der Waals surface area contributed by atoms with Gasteiger partial charge >= 0.3 is 6.09 Å². The molecule has 0 saturated heterocycles. The summed E-state index contributed by atoms with van der Waals surface area (Å²) in [6.07, 6.45) is 3.23. The topological polar surface area (TPSA) is 204 Å². The minimum Gasteiger partial charge on any atom is -0.488 e. The molecular weight excluding hydrogens is 650 g/mol. The second-order valence-corrected chi connectivity index (χ2v) is 15.8. The summed E-state index contributed by atoms with van der Waals surface area (Å²) < 4.78 is 42.1. The van der Waals surface area contributed by atoms with Crippen LogP contribution >= 0.6 is 0 Å². The van der Waals surface area contributed by atoms with Crippen molar-refractivity contribution in [3.8, 4) is 23.1 Å². The van der Waals surface area contributed by atoms with Crippen LogP contribution in [0.25, 0.3) is 11.3 Å². The molecule has 1 saturated carbocycles. The molecule has 5 rings (SSSR count). The second-order valence-electron chi connectivity index (χ2n) is 14.0. The highest BCUT2D eigenvalue weighted by atomic mass is 32.2. The van der Waals surface area contributed by atoms with Gasteiger partial charge in [0, 0.05) is 35.8 Å². The van der Waals surface area contributed by atoms with Crippen LogP contribution in [0.15, 0.2) is 47.6 Å². The van der Waals surface area contributed by atoms with Crippen molar-refractivity contribution in [3.05, 3.63) is 64.0 Å². The van der Waals surface area contributed by atoms with Gasteiger partial charge in [0.15, 0.2) is 0 Å². The molecule has 0 aliphatic heterocycles. The van der Waals surface area contributed by atoms with Crippen LogP contribution in [0.5, 0.6) is 5.75 Å². The molecule has 3 N–H and O–H groups in total. The Morgan fingerprint density at radius 1 is 1.14 bits per heavy atom. The first kappa shape index (κ1) is 35.3. The first-order valence-electron chi connectivity index (χ1n) is 16.1. The molecule has 15 heteroatoms. The smallest absolute Gasteiger partial charge is 0.407 e. The highest BCUT2D eigenvalue weighted by Gasteiger charge is 2.40. The van der Waals surface area contributed by atoms with Crippen molar-refractivity contribution in [1.82, 2.24) is 15.3 Å². The maximum absolute atomic E-state index is 14.4. The van der Waals surface area contributed by atoms with Gasteiger partial charge in [-0.2, -0.15) is 5.26 Å². The number of carbonyl (C=O) groups excluding carboxylic acids is 1. The van der Waals surface area contributed by atoms with E-state index in [1.165, 1.54) is 22.8 Å². The predicted octanol–water partition coefficient (Wildman–Crippen LogP) is 5.79. The van der Waals surface area contributed by atoms with Crippen molar-refractivity contribution in [2.75, 3.05) is 16.6 Å². The molecule has 14 nitrogen and oxygen atoms in total. The standard InChI is InChI=1S/C34H41N7O7S/c1-33(2,3)48-32(42)39-21-7-11-23(12-8-21)47-27-16-15-25-26(19-34(4,5)28-29(25)37-20-38-31(28)36)30(27)40(18-6-17-35)49(45,46)24-13-9-22(10-14-24)41(43)44/h9-10,13-16,20-21,23H,6-8,11-12,18-19H2,1-5H3,(H,39,42)(H2,36,37,38)/t21-,23-. The fourth-order valence-corrected chi connectivity index (χ4v) is 8.04. The number of nitro groups is 1. The molecule has 260 valence electrons. The van der Waals surface area contributed by atoms with E-state index in [0.29, 0.717) is 60.5 Å². The Kier molecular flexibility index (Phi) is 9.74. The van der Waals surface area contributed by atoms with E-state index in [-0.39, 0.29) is 41.4 Å². The molecule has 2 aromatic carbocycles. The normalized spacial score (nSPS) is 18.3. The molecule has 2 aliphatic carbocycles. The summed E-state index contributed by atoms with van der Waals surface area (Å²) in [5.74, 6) is 0.645. The SMILES string of the molecule is CC(C)(C)OC(=O)N[C@H]1CC[C@H](Oc2ccc3c(c2N(CCC#N)S(=O)(=O)c2ccc([N+](=O)[O-])cc2)CC(C)(C)c2c(N)ncnc2-3)CC1. The molecule has 2 aliphatic rings. The fraction of sp³-hybridized carbons (Fsp3) is 0.471. The number of nitrogens with two attached hydrogens (primary N) is 1. The summed E-state index contributed by atoms with van der Waals surface area (Å²) in [5.41, 5.74) is 7.78. The van der Waals surface area contributed by atoms with Crippen LogP contribution in [0.2, 0.25) is 0 Å². The molecule has 0 spiro atoms. The minimum atomic E-state index is -4.36. The van der Waals surface area contributed by atoms with E-state index < -0.39 is 32.1 Å². The van der Waals surface area contributed by atoms with E-state index in [9.17, 15) is 28.6 Å². The molecule has 0 unspecified atom stereocenters. The van der Waals surface area contributed by atoms with Crippen LogP contribution in [0, 0.1) is 21.4 Å². The molecule has 1 aromatic heterocycles. The van der Waals surface area contributed by atoms with Gasteiger partial charge in [0.25, 0.3) is 15.7 Å². The van der Waals surface area contributed by atoms with Gasteiger partial charge in [0.2, 0.25) is 0 Å². The highest BCUT2D eigenvalue weighted by Crippen LogP contribution is 2.50. The number of fused-ring (bicyclic) bond motifs is 3. The van der Waals surface area contributed by atoms with E-state index in [2.05, 4.69) is 21.4 Å². The van der Waals surface area contributed by atoms with Crippen molar-refractivity contribution < 1.29 is 27.6 Å². The van der Waals surface area contributed by atoms with E-state index in [4.69, 9.17) is 15.2 Å². The summed E-state index contributed by atoms with van der Waals surface area (Å²) in [7, 11) is -4.36. The number of hydrogen-bond donors (Lipinski definition) is 2. The van der Waals surface area contributed by atoms with Gasteiger partial charge in [-0.1, -0.05) is 13.8 Å². The average molecular weight is 692 g/mol. The maximum Gasteiger partial charge on any atom is 0.407 e. The number of amides is 1. The number of nitrogens with one attached hydrogen (secondary N) is 1. The van der Waals surface area contributed by atoms with E-state index in [1.54, 1.807) is 26.8 Å². The number of hydrogen-bond acceptors (Lipinski definition) is 11. The third-order valence-electron chi connectivity index (χ3n) is 8.67. The van der Waals surface area contributed by atoms with Gasteiger partial charge in [0.1, 0.15) is 23.5 Å². The number of nitriles is 1. The number of benzene rings is 2. The zero-order valence-electron chi connectivity index (χ0n) is 28.2. The van der Waals surface area contributed by atoms with Crippen molar-refractivity contribution in [1.29, 1.82) is 5.26 Å². The number of sulfonamides is 1. The second kappa shape index (κ2) is 13.5. The Morgan fingerprint density at radius 2 is 1.82 bits per heavy atom. The number of non-ortho nitro benzene ring substituents is 1. The number of nitrogens with zero attached hydrogens (tertiary/aromatic N) is 5. The Morgan fingerprint density at radius 3 is 2.43 bits per heavy atom. The first-order chi connectivity index (χ1) is 23.0. The fourth-order valence-electron chi connectivity index (χ4n) is 6.53. The maximum atomic E-state index is 14.4. The van der Waals surface area contributed by atoms with E-state index >= 15 is 0 Å². The minimum absolute atomic E-state index is 0.102. The molecule has 0 radical (unpaired) electrons. The molecule has 49 heavy (non-hydrogen) atoms. The van der Waals surface area contributed by atoms with Crippen LogP contribution < -0.4 is 20.1 Å². The Bertz CT molecular complexity index is 1890. The highest BCUT2D eigenvalue weighted by molar-refractivity contribution is 7.92. The van der Waals surface area contributed by atoms with Crippen LogP contribution in [0.1, 0.15) is 77.8 Å². The van der Waals surface area contributed by atoms with Crippen molar-refractivity contribution in [2.45, 2.75) is 101 Å². The van der Waals surface area contributed by atoms with Crippen LogP contribution in [-0.4, -0.2) is 53.7 Å². The average Bonchev–Trinajstić information content (AvgIpc) is 3.01. The summed E-state index contributed by atoms with van der Waals surface area (Å²) in [6.45, 7) is 9.17. The van der Waals surface area contributed by atoms with Gasteiger partial charge in [-0.15, -0.1) is 0 Å². The first-order valence-corrected chi connectivity index (χ1v) is 17.5. The van der Waals surface area contributed by atoms with Crippen LogP contribution in [-0.2, 0) is 26.6 Å². The number of nitro benzene ring substituents is 1. The van der Waals surface area contributed by atoms with Crippen molar-refractivity contribution >= 4 is 33.3 Å². The Balaban J connectivity index is 1.58. The number of aromatic nitrogens is 2. The summed E-state index contributed by atoms with van der Waals surface area (Å²) in [6, 6.07) is 10.1. The van der Waals surface area contributed by atoms with Gasteiger partial charge in [-0.25, -0.2) is 23.2 Å². The zero-order chi connectivity index (χ0) is 35.7. The summed E-state index contributed by atoms with van der Waals surface area (Å²) >= 11 is 0. The van der Waals surface area contributed by atoms with Gasteiger partial charge in [0.05, 0.1) is 39.8 Å². The van der Waals surface area contributed by atoms with Crippen molar-refractivity contribution in [2.24, 2.45) is 0 Å². The van der Waals surface area contributed by atoms with E-state index in [0.717, 1.165) is 17.7 Å².